The van der Waals surface area contributed by atoms with Crippen LogP contribution in [0.15, 0.2) is 54.5 Å². The first-order valence-electron chi connectivity index (χ1n) is 6.89. The molecular formula is C15H16N4O4S. The molecule has 0 saturated carbocycles. The lowest BCUT2D eigenvalue weighted by Gasteiger charge is -2.20. The summed E-state index contributed by atoms with van der Waals surface area (Å²) in [7, 11) is -4.12. The van der Waals surface area contributed by atoms with Crippen LogP contribution >= 0.6 is 0 Å². The van der Waals surface area contributed by atoms with Gasteiger partial charge in [0.1, 0.15) is 4.90 Å². The van der Waals surface area contributed by atoms with Crippen LogP contribution in [0.25, 0.3) is 10.9 Å². The Bertz CT molecular complexity index is 914. The van der Waals surface area contributed by atoms with E-state index in [2.05, 4.69) is 18.1 Å². The molecule has 24 heavy (non-hydrogen) atoms. The zero-order valence-electron chi connectivity index (χ0n) is 12.8. The zero-order valence-corrected chi connectivity index (χ0v) is 13.6. The molecule has 0 fully saturated rings. The summed E-state index contributed by atoms with van der Waals surface area (Å²) in [5.74, 6) is -0.690. The summed E-state index contributed by atoms with van der Waals surface area (Å²) < 4.78 is 27.1. The van der Waals surface area contributed by atoms with E-state index in [1.165, 1.54) is 24.3 Å². The van der Waals surface area contributed by atoms with Crippen molar-refractivity contribution in [1.82, 2.24) is 9.29 Å². The van der Waals surface area contributed by atoms with Gasteiger partial charge in [-0.05, 0) is 22.0 Å². The molecule has 2 rings (SSSR count). The van der Waals surface area contributed by atoms with Crippen molar-refractivity contribution in [3.8, 4) is 0 Å². The van der Waals surface area contributed by atoms with E-state index in [1.807, 2.05) is 0 Å². The van der Waals surface area contributed by atoms with E-state index in [0.717, 1.165) is 4.31 Å². The molecule has 0 unspecified atom stereocenters. The molecule has 0 radical (unpaired) electrons. The third-order valence-electron chi connectivity index (χ3n) is 3.30. The van der Waals surface area contributed by atoms with Crippen molar-refractivity contribution in [2.24, 2.45) is 0 Å². The fraction of sp³-hybridized carbons (Fsp3) is 0.133. The second-order valence-electron chi connectivity index (χ2n) is 4.85. The third-order valence-corrected chi connectivity index (χ3v) is 5.23. The largest absolute Gasteiger partial charge is 0.391 e. The van der Waals surface area contributed by atoms with Crippen molar-refractivity contribution in [2.45, 2.75) is 4.90 Å². The number of benzene rings is 1. The van der Waals surface area contributed by atoms with Gasteiger partial charge >= 0.3 is 5.82 Å². The summed E-state index contributed by atoms with van der Waals surface area (Å²) in [4.78, 5) is 13.9. The standard InChI is InChI=1S/C15H16N4O4S/c1-3-9-18(10-4-2)24(22,23)14-11-7-5-6-8-12(11)17-15(13(14)16)19(20)21/h3-8H,1-2,9-10,16H2. The van der Waals surface area contributed by atoms with Crippen molar-refractivity contribution in [1.29, 1.82) is 0 Å². The van der Waals surface area contributed by atoms with Crippen molar-refractivity contribution in [2.75, 3.05) is 18.8 Å². The minimum atomic E-state index is -4.12. The van der Waals surface area contributed by atoms with Gasteiger partial charge in [0.25, 0.3) is 0 Å². The van der Waals surface area contributed by atoms with Gasteiger partial charge in [0.05, 0.1) is 0 Å². The van der Waals surface area contributed by atoms with Gasteiger partial charge in [-0.25, -0.2) is 8.42 Å². The van der Waals surface area contributed by atoms with E-state index in [9.17, 15) is 18.5 Å². The van der Waals surface area contributed by atoms with Gasteiger partial charge < -0.3 is 15.8 Å². The maximum atomic E-state index is 13.0. The summed E-state index contributed by atoms with van der Waals surface area (Å²) in [6.45, 7) is 7.08. The highest BCUT2D eigenvalue weighted by Crippen LogP contribution is 2.35. The lowest BCUT2D eigenvalue weighted by molar-refractivity contribution is -0.388. The Balaban J connectivity index is 2.87. The van der Waals surface area contributed by atoms with Crippen LogP contribution in [0.5, 0.6) is 0 Å². The molecule has 0 bridgehead atoms. The monoisotopic (exact) mass is 348 g/mol. The quantitative estimate of drug-likeness (QED) is 0.465. The summed E-state index contributed by atoms with van der Waals surface area (Å²) in [5, 5.41) is 11.4. The molecule has 1 aromatic heterocycles. The van der Waals surface area contributed by atoms with E-state index in [4.69, 9.17) is 5.73 Å². The van der Waals surface area contributed by atoms with Crippen LogP contribution in [0.3, 0.4) is 0 Å². The number of anilines is 1. The van der Waals surface area contributed by atoms with Crippen LogP contribution in [0.4, 0.5) is 11.5 Å². The van der Waals surface area contributed by atoms with Crippen molar-refractivity contribution < 1.29 is 13.3 Å². The topological polar surface area (TPSA) is 119 Å². The second kappa shape index (κ2) is 6.77. The van der Waals surface area contributed by atoms with E-state index in [1.54, 1.807) is 12.1 Å². The number of rotatable bonds is 7. The van der Waals surface area contributed by atoms with E-state index in [-0.39, 0.29) is 28.9 Å². The highest BCUT2D eigenvalue weighted by Gasteiger charge is 2.33. The van der Waals surface area contributed by atoms with Crippen LogP contribution in [0, 0.1) is 10.1 Å². The molecule has 2 N–H and O–H groups in total. The molecule has 1 aromatic carbocycles. The van der Waals surface area contributed by atoms with Crippen LogP contribution in [-0.4, -0.2) is 35.7 Å². The summed E-state index contributed by atoms with van der Waals surface area (Å²) in [5.41, 5.74) is 5.49. The van der Waals surface area contributed by atoms with Gasteiger partial charge in [0.15, 0.2) is 11.2 Å². The number of nitrogen functional groups attached to an aromatic ring is 1. The number of fused-ring (bicyclic) bond motifs is 1. The Morgan fingerprint density at radius 3 is 2.38 bits per heavy atom. The van der Waals surface area contributed by atoms with Crippen LogP contribution in [0.2, 0.25) is 0 Å². The van der Waals surface area contributed by atoms with Gasteiger partial charge in [-0.2, -0.15) is 4.31 Å². The van der Waals surface area contributed by atoms with E-state index in [0.29, 0.717) is 0 Å². The van der Waals surface area contributed by atoms with E-state index >= 15 is 0 Å². The number of pyridine rings is 1. The number of sulfonamides is 1. The number of para-hydroxylation sites is 1. The fourth-order valence-electron chi connectivity index (χ4n) is 2.29. The van der Waals surface area contributed by atoms with Gasteiger partial charge in [-0.1, -0.05) is 24.3 Å². The summed E-state index contributed by atoms with van der Waals surface area (Å²) in [6.07, 6.45) is 2.82. The van der Waals surface area contributed by atoms with Crippen molar-refractivity contribution in [3.05, 3.63) is 59.7 Å². The predicted octanol–water partition coefficient (Wildman–Crippen LogP) is 2.09. The van der Waals surface area contributed by atoms with Crippen molar-refractivity contribution >= 4 is 32.4 Å². The molecule has 8 nitrogen and oxygen atoms in total. The van der Waals surface area contributed by atoms with Gasteiger partial charge in [-0.3, -0.25) is 0 Å². The van der Waals surface area contributed by atoms with Crippen LogP contribution in [-0.2, 0) is 10.0 Å². The number of nitrogens with two attached hydrogens (primary N) is 1. The van der Waals surface area contributed by atoms with Gasteiger partial charge in [-0.15, -0.1) is 13.2 Å². The minimum Gasteiger partial charge on any atom is -0.391 e. The Labute approximate surface area is 139 Å². The number of hydrogen-bond acceptors (Lipinski definition) is 6. The second-order valence-corrected chi connectivity index (χ2v) is 6.73. The maximum absolute atomic E-state index is 13.0. The van der Waals surface area contributed by atoms with Crippen LogP contribution in [0.1, 0.15) is 0 Å². The molecule has 0 saturated heterocycles. The number of aromatic nitrogens is 1. The normalized spacial score (nSPS) is 11.5. The minimum absolute atomic E-state index is 0.0121. The first kappa shape index (κ1) is 17.6. The molecule has 126 valence electrons. The predicted molar refractivity (Wildman–Crippen MR) is 92.0 cm³/mol. The molecule has 0 amide bonds. The Hall–Kier alpha value is -2.78. The molecule has 2 aromatic rings. The molecular weight excluding hydrogens is 332 g/mol. The summed E-state index contributed by atoms with van der Waals surface area (Å²) >= 11 is 0. The van der Waals surface area contributed by atoms with Crippen LogP contribution < -0.4 is 5.73 Å². The maximum Gasteiger partial charge on any atom is 0.388 e. The average Bonchev–Trinajstić information content (AvgIpc) is 2.53. The number of hydrogen-bond donors (Lipinski definition) is 1. The highest BCUT2D eigenvalue weighted by atomic mass is 32.2. The van der Waals surface area contributed by atoms with Crippen molar-refractivity contribution in [3.63, 3.8) is 0 Å². The Kier molecular flexibility index (Phi) is 4.96. The van der Waals surface area contributed by atoms with Gasteiger partial charge in [0.2, 0.25) is 10.0 Å². The molecule has 1 heterocycles. The average molecular weight is 348 g/mol. The first-order chi connectivity index (χ1) is 11.3. The Morgan fingerprint density at radius 2 is 1.83 bits per heavy atom. The molecule has 0 aliphatic rings. The molecule has 0 aliphatic carbocycles. The number of nitro groups is 1. The first-order valence-corrected chi connectivity index (χ1v) is 8.33. The zero-order chi connectivity index (χ0) is 17.9. The smallest absolute Gasteiger partial charge is 0.388 e. The van der Waals surface area contributed by atoms with Gasteiger partial charge in [0, 0.05) is 18.5 Å². The third kappa shape index (κ3) is 2.99. The van der Waals surface area contributed by atoms with E-state index < -0.39 is 26.5 Å². The lowest BCUT2D eigenvalue weighted by atomic mass is 10.2. The molecule has 0 atom stereocenters. The number of nitrogens with zero attached hydrogens (tertiary/aromatic N) is 3. The fourth-order valence-corrected chi connectivity index (χ4v) is 3.97. The molecule has 9 heteroatoms. The molecule has 0 spiro atoms. The molecule has 0 aliphatic heterocycles. The summed E-state index contributed by atoms with van der Waals surface area (Å²) in [6, 6.07) is 6.22. The highest BCUT2D eigenvalue weighted by molar-refractivity contribution is 7.89. The SMILES string of the molecule is C=CCN(CC=C)S(=O)(=O)c1c(N)c([N+](=O)[O-])nc2ccccc12. The lowest BCUT2D eigenvalue weighted by Crippen LogP contribution is -2.32. The Morgan fingerprint density at radius 1 is 1.25 bits per heavy atom.